The molecular formula is C23H18N2O4. The van der Waals surface area contributed by atoms with Crippen molar-refractivity contribution in [3.05, 3.63) is 90.2 Å². The fourth-order valence-corrected chi connectivity index (χ4v) is 2.87. The van der Waals surface area contributed by atoms with Crippen LogP contribution in [0.2, 0.25) is 0 Å². The van der Waals surface area contributed by atoms with E-state index in [9.17, 15) is 9.59 Å². The van der Waals surface area contributed by atoms with Gasteiger partial charge in [-0.05, 0) is 60.7 Å². The summed E-state index contributed by atoms with van der Waals surface area (Å²) in [5.41, 5.74) is 2.40. The maximum Gasteiger partial charge on any atom is 0.291 e. The number of methoxy groups -OCH3 is 1. The Morgan fingerprint density at radius 1 is 0.793 bits per heavy atom. The molecule has 144 valence electrons. The van der Waals surface area contributed by atoms with Crippen molar-refractivity contribution in [3.63, 3.8) is 0 Å². The normalized spacial score (nSPS) is 10.5. The van der Waals surface area contributed by atoms with Gasteiger partial charge in [-0.25, -0.2) is 0 Å². The van der Waals surface area contributed by atoms with Crippen LogP contribution in [0.15, 0.2) is 83.3 Å². The van der Waals surface area contributed by atoms with Gasteiger partial charge in [0, 0.05) is 22.3 Å². The van der Waals surface area contributed by atoms with E-state index in [1.54, 1.807) is 61.7 Å². The van der Waals surface area contributed by atoms with Gasteiger partial charge in [0.15, 0.2) is 5.76 Å². The Labute approximate surface area is 167 Å². The number of benzene rings is 3. The van der Waals surface area contributed by atoms with E-state index >= 15 is 0 Å². The molecular weight excluding hydrogens is 368 g/mol. The average molecular weight is 386 g/mol. The molecule has 6 heteroatoms. The van der Waals surface area contributed by atoms with Crippen LogP contribution in [0.4, 0.5) is 11.4 Å². The zero-order chi connectivity index (χ0) is 20.2. The SMILES string of the molecule is COc1ccc(C(=O)Nc2ccc(NC(=O)c3cc4ccccc4o3)cc2)cc1. The molecule has 0 atom stereocenters. The summed E-state index contributed by atoms with van der Waals surface area (Å²) in [6.07, 6.45) is 0. The van der Waals surface area contributed by atoms with E-state index in [0.29, 0.717) is 28.3 Å². The second kappa shape index (κ2) is 7.90. The first-order valence-corrected chi connectivity index (χ1v) is 8.98. The minimum absolute atomic E-state index is 0.230. The van der Waals surface area contributed by atoms with Gasteiger partial charge in [0.25, 0.3) is 11.8 Å². The molecule has 0 aliphatic carbocycles. The smallest absolute Gasteiger partial charge is 0.291 e. The molecule has 0 unspecified atom stereocenters. The molecule has 6 nitrogen and oxygen atoms in total. The number of furan rings is 1. The first kappa shape index (κ1) is 18.3. The second-order valence-electron chi connectivity index (χ2n) is 6.36. The summed E-state index contributed by atoms with van der Waals surface area (Å²) >= 11 is 0. The highest BCUT2D eigenvalue weighted by molar-refractivity contribution is 6.06. The standard InChI is InChI=1S/C23H18N2O4/c1-28-19-12-6-15(7-13-19)22(26)24-17-8-10-18(11-9-17)25-23(27)21-14-16-4-2-3-5-20(16)29-21/h2-14H,1H3,(H,24,26)(H,25,27). The maximum atomic E-state index is 12.4. The highest BCUT2D eigenvalue weighted by Gasteiger charge is 2.12. The molecule has 0 saturated carbocycles. The molecule has 3 aromatic carbocycles. The number of rotatable bonds is 5. The fourth-order valence-electron chi connectivity index (χ4n) is 2.87. The van der Waals surface area contributed by atoms with Gasteiger partial charge in [0.2, 0.25) is 0 Å². The van der Waals surface area contributed by atoms with Gasteiger partial charge in [-0.3, -0.25) is 9.59 Å². The topological polar surface area (TPSA) is 80.6 Å². The van der Waals surface area contributed by atoms with E-state index in [0.717, 1.165) is 5.39 Å². The Morgan fingerprint density at radius 3 is 2.03 bits per heavy atom. The molecule has 4 rings (SSSR count). The van der Waals surface area contributed by atoms with Crippen molar-refractivity contribution in [2.75, 3.05) is 17.7 Å². The first-order chi connectivity index (χ1) is 14.1. The summed E-state index contributed by atoms with van der Waals surface area (Å²) in [6, 6.07) is 22.8. The number of hydrogen-bond acceptors (Lipinski definition) is 4. The predicted molar refractivity (Wildman–Crippen MR) is 112 cm³/mol. The molecule has 0 aliphatic rings. The molecule has 0 spiro atoms. The molecule has 2 amide bonds. The Balaban J connectivity index is 1.40. The van der Waals surface area contributed by atoms with E-state index in [4.69, 9.17) is 9.15 Å². The number of hydrogen-bond donors (Lipinski definition) is 2. The van der Waals surface area contributed by atoms with Crippen LogP contribution < -0.4 is 15.4 Å². The van der Waals surface area contributed by atoms with Gasteiger partial charge in [-0.1, -0.05) is 18.2 Å². The minimum Gasteiger partial charge on any atom is -0.497 e. The molecule has 0 aliphatic heterocycles. The summed E-state index contributed by atoms with van der Waals surface area (Å²) < 4.78 is 10.7. The largest absolute Gasteiger partial charge is 0.497 e. The van der Waals surface area contributed by atoms with Crippen LogP contribution in [-0.2, 0) is 0 Å². The number of anilines is 2. The van der Waals surface area contributed by atoms with Gasteiger partial charge >= 0.3 is 0 Å². The number of nitrogens with one attached hydrogen (secondary N) is 2. The number of ether oxygens (including phenoxy) is 1. The summed E-state index contributed by atoms with van der Waals surface area (Å²) in [7, 11) is 1.57. The van der Waals surface area contributed by atoms with E-state index < -0.39 is 0 Å². The van der Waals surface area contributed by atoms with Crippen LogP contribution in [0.25, 0.3) is 11.0 Å². The lowest BCUT2D eigenvalue weighted by atomic mass is 10.2. The Hall–Kier alpha value is -4.06. The van der Waals surface area contributed by atoms with Gasteiger partial charge < -0.3 is 19.8 Å². The molecule has 1 aromatic heterocycles. The monoisotopic (exact) mass is 386 g/mol. The highest BCUT2D eigenvalue weighted by Crippen LogP contribution is 2.21. The van der Waals surface area contributed by atoms with Crippen molar-refractivity contribution >= 4 is 34.2 Å². The third-order valence-corrected chi connectivity index (χ3v) is 4.40. The first-order valence-electron chi connectivity index (χ1n) is 8.98. The maximum absolute atomic E-state index is 12.4. The van der Waals surface area contributed by atoms with Crippen LogP contribution >= 0.6 is 0 Å². The van der Waals surface area contributed by atoms with Crippen LogP contribution in [0.1, 0.15) is 20.9 Å². The Bertz CT molecular complexity index is 1130. The number of carbonyl (C=O) groups is 2. The quantitative estimate of drug-likeness (QED) is 0.509. The fraction of sp³-hybridized carbons (Fsp3) is 0.0435. The number of carbonyl (C=O) groups excluding carboxylic acids is 2. The molecule has 4 aromatic rings. The zero-order valence-corrected chi connectivity index (χ0v) is 15.6. The van der Waals surface area contributed by atoms with E-state index in [-0.39, 0.29) is 17.6 Å². The van der Waals surface area contributed by atoms with Crippen molar-refractivity contribution in [1.82, 2.24) is 0 Å². The van der Waals surface area contributed by atoms with Gasteiger partial charge in [0.05, 0.1) is 7.11 Å². The van der Waals surface area contributed by atoms with Crippen molar-refractivity contribution in [2.45, 2.75) is 0 Å². The summed E-state index contributed by atoms with van der Waals surface area (Å²) in [5.74, 6) is 0.358. The van der Waals surface area contributed by atoms with Crippen LogP contribution in [-0.4, -0.2) is 18.9 Å². The van der Waals surface area contributed by atoms with Crippen molar-refractivity contribution in [2.24, 2.45) is 0 Å². The lowest BCUT2D eigenvalue weighted by Gasteiger charge is -2.08. The minimum atomic E-state index is -0.337. The number of fused-ring (bicyclic) bond motifs is 1. The highest BCUT2D eigenvalue weighted by atomic mass is 16.5. The summed E-state index contributed by atoms with van der Waals surface area (Å²) in [6.45, 7) is 0. The van der Waals surface area contributed by atoms with Crippen molar-refractivity contribution < 1.29 is 18.7 Å². The molecule has 0 saturated heterocycles. The van der Waals surface area contributed by atoms with Gasteiger partial charge in [-0.15, -0.1) is 0 Å². The number of para-hydroxylation sites is 1. The molecule has 29 heavy (non-hydrogen) atoms. The third kappa shape index (κ3) is 4.11. The van der Waals surface area contributed by atoms with E-state index in [2.05, 4.69) is 10.6 Å². The molecule has 1 heterocycles. The average Bonchev–Trinajstić information content (AvgIpc) is 3.20. The zero-order valence-electron chi connectivity index (χ0n) is 15.6. The van der Waals surface area contributed by atoms with E-state index in [1.807, 2.05) is 24.3 Å². The van der Waals surface area contributed by atoms with Crippen LogP contribution in [0, 0.1) is 0 Å². The second-order valence-corrected chi connectivity index (χ2v) is 6.36. The van der Waals surface area contributed by atoms with Crippen molar-refractivity contribution in [3.8, 4) is 5.75 Å². The van der Waals surface area contributed by atoms with Crippen molar-refractivity contribution in [1.29, 1.82) is 0 Å². The van der Waals surface area contributed by atoms with Crippen LogP contribution in [0.5, 0.6) is 5.75 Å². The predicted octanol–water partition coefficient (Wildman–Crippen LogP) is 4.95. The molecule has 0 bridgehead atoms. The van der Waals surface area contributed by atoms with Gasteiger partial charge in [0.1, 0.15) is 11.3 Å². The van der Waals surface area contributed by atoms with E-state index in [1.165, 1.54) is 0 Å². The summed E-state index contributed by atoms with van der Waals surface area (Å²) in [4.78, 5) is 24.7. The molecule has 0 fully saturated rings. The van der Waals surface area contributed by atoms with Crippen LogP contribution in [0.3, 0.4) is 0 Å². The molecule has 2 N–H and O–H groups in total. The van der Waals surface area contributed by atoms with Gasteiger partial charge in [-0.2, -0.15) is 0 Å². The Kier molecular flexibility index (Phi) is 4.99. The third-order valence-electron chi connectivity index (χ3n) is 4.40. The number of amides is 2. The Morgan fingerprint density at radius 2 is 1.41 bits per heavy atom. The molecule has 0 radical (unpaired) electrons. The summed E-state index contributed by atoms with van der Waals surface area (Å²) in [5, 5.41) is 6.47. The lowest BCUT2D eigenvalue weighted by molar-refractivity contribution is 0.0996. The lowest BCUT2D eigenvalue weighted by Crippen LogP contribution is -2.12.